The summed E-state index contributed by atoms with van der Waals surface area (Å²) in [6, 6.07) is 2.74. The van der Waals surface area contributed by atoms with Gasteiger partial charge in [0.1, 0.15) is 11.5 Å². The largest absolute Gasteiger partial charge is 0.303 e. The van der Waals surface area contributed by atoms with Gasteiger partial charge in [-0.15, -0.1) is 0 Å². The molecule has 0 bridgehead atoms. The third-order valence-electron chi connectivity index (χ3n) is 3.41. The van der Waals surface area contributed by atoms with Gasteiger partial charge in [-0.25, -0.2) is 4.39 Å². The molecule has 0 amide bonds. The third kappa shape index (κ3) is 3.60. The molecular formula is C14H19FN2O. The van der Waals surface area contributed by atoms with Crippen LogP contribution in [0, 0.1) is 11.7 Å². The zero-order valence-electron chi connectivity index (χ0n) is 10.7. The molecule has 2 rings (SSSR count). The lowest BCUT2D eigenvalue weighted by Crippen LogP contribution is -2.35. The molecule has 18 heavy (non-hydrogen) atoms. The Hall–Kier alpha value is -1.29. The second-order valence-electron chi connectivity index (χ2n) is 5.08. The van der Waals surface area contributed by atoms with Crippen molar-refractivity contribution in [3.05, 3.63) is 29.8 Å². The molecule has 0 spiro atoms. The van der Waals surface area contributed by atoms with Crippen LogP contribution in [0.2, 0.25) is 0 Å². The Morgan fingerprint density at radius 3 is 3.06 bits per heavy atom. The van der Waals surface area contributed by atoms with Crippen molar-refractivity contribution < 1.29 is 9.18 Å². The van der Waals surface area contributed by atoms with Crippen LogP contribution in [0.4, 0.5) is 4.39 Å². The summed E-state index contributed by atoms with van der Waals surface area (Å²) >= 11 is 0. The molecule has 1 aliphatic heterocycles. The average Bonchev–Trinajstić information content (AvgIpc) is 2.37. The zero-order valence-corrected chi connectivity index (χ0v) is 10.7. The van der Waals surface area contributed by atoms with Crippen molar-refractivity contribution in [1.29, 1.82) is 0 Å². The molecule has 0 radical (unpaired) electrons. The highest BCUT2D eigenvalue weighted by Gasteiger charge is 2.17. The van der Waals surface area contributed by atoms with E-state index in [1.807, 2.05) is 0 Å². The average molecular weight is 250 g/mol. The Labute approximate surface area is 107 Å². The quantitative estimate of drug-likeness (QED) is 0.770. The molecule has 0 saturated carbocycles. The minimum atomic E-state index is -0.406. The van der Waals surface area contributed by atoms with E-state index in [1.165, 1.54) is 25.0 Å². The van der Waals surface area contributed by atoms with Crippen molar-refractivity contribution >= 4 is 5.78 Å². The van der Waals surface area contributed by atoms with Gasteiger partial charge in [0, 0.05) is 19.5 Å². The number of rotatable bonds is 4. The molecule has 0 aliphatic carbocycles. The summed E-state index contributed by atoms with van der Waals surface area (Å²) in [6.07, 6.45) is 4.05. The SMILES string of the molecule is CC1CCCN(CCC(=O)c2ccc(F)cn2)C1. The Bertz CT molecular complexity index is 405. The number of carbonyl (C=O) groups excluding carboxylic acids is 1. The molecule has 4 heteroatoms. The van der Waals surface area contributed by atoms with Crippen LogP contribution in [0.1, 0.15) is 36.7 Å². The van der Waals surface area contributed by atoms with E-state index in [0.717, 1.165) is 31.7 Å². The van der Waals surface area contributed by atoms with E-state index >= 15 is 0 Å². The number of likely N-dealkylation sites (tertiary alicyclic amines) is 1. The fourth-order valence-electron chi connectivity index (χ4n) is 2.42. The highest BCUT2D eigenvalue weighted by molar-refractivity contribution is 5.94. The van der Waals surface area contributed by atoms with Crippen LogP contribution in [0.5, 0.6) is 0 Å². The van der Waals surface area contributed by atoms with Gasteiger partial charge < -0.3 is 4.90 Å². The van der Waals surface area contributed by atoms with Crippen LogP contribution < -0.4 is 0 Å². The lowest BCUT2D eigenvalue weighted by atomic mass is 10.00. The van der Waals surface area contributed by atoms with Gasteiger partial charge in [0.05, 0.1) is 6.20 Å². The number of Topliss-reactive ketones (excluding diaryl/α,β-unsaturated/α-hetero) is 1. The molecule has 1 aromatic heterocycles. The first-order valence-electron chi connectivity index (χ1n) is 6.52. The smallest absolute Gasteiger partial charge is 0.182 e. The number of hydrogen-bond donors (Lipinski definition) is 0. The summed E-state index contributed by atoms with van der Waals surface area (Å²) in [4.78, 5) is 18.0. The van der Waals surface area contributed by atoms with E-state index in [4.69, 9.17) is 0 Å². The van der Waals surface area contributed by atoms with Crippen LogP contribution in [0.3, 0.4) is 0 Å². The highest BCUT2D eigenvalue weighted by atomic mass is 19.1. The highest BCUT2D eigenvalue weighted by Crippen LogP contribution is 2.15. The Kier molecular flexibility index (Phi) is 4.42. The second-order valence-corrected chi connectivity index (χ2v) is 5.08. The third-order valence-corrected chi connectivity index (χ3v) is 3.41. The predicted octanol–water partition coefficient (Wildman–Crippen LogP) is 2.53. The fourth-order valence-corrected chi connectivity index (χ4v) is 2.42. The summed E-state index contributed by atoms with van der Waals surface area (Å²) in [5, 5.41) is 0. The minimum Gasteiger partial charge on any atom is -0.303 e. The van der Waals surface area contributed by atoms with Crippen molar-refractivity contribution in [2.24, 2.45) is 5.92 Å². The number of pyridine rings is 1. The maximum atomic E-state index is 12.7. The molecule has 1 aromatic rings. The molecule has 2 heterocycles. The maximum absolute atomic E-state index is 12.7. The number of nitrogens with zero attached hydrogens (tertiary/aromatic N) is 2. The molecule has 1 aliphatic rings. The van der Waals surface area contributed by atoms with Crippen LogP contribution in [0.15, 0.2) is 18.3 Å². The first-order valence-corrected chi connectivity index (χ1v) is 6.52. The maximum Gasteiger partial charge on any atom is 0.182 e. The number of halogens is 1. The molecule has 1 atom stereocenters. The van der Waals surface area contributed by atoms with E-state index in [-0.39, 0.29) is 5.78 Å². The molecule has 1 unspecified atom stereocenters. The van der Waals surface area contributed by atoms with E-state index in [9.17, 15) is 9.18 Å². The number of carbonyl (C=O) groups is 1. The topological polar surface area (TPSA) is 33.2 Å². The van der Waals surface area contributed by atoms with E-state index in [1.54, 1.807) is 0 Å². The van der Waals surface area contributed by atoms with Crippen molar-refractivity contribution in [1.82, 2.24) is 9.88 Å². The van der Waals surface area contributed by atoms with Crippen LogP contribution in [-0.4, -0.2) is 35.3 Å². The van der Waals surface area contributed by atoms with Crippen molar-refractivity contribution in [3.8, 4) is 0 Å². The first kappa shape index (κ1) is 13.1. The van der Waals surface area contributed by atoms with Gasteiger partial charge in [0.2, 0.25) is 0 Å². The summed E-state index contributed by atoms with van der Waals surface area (Å²) in [6.45, 7) is 5.18. The van der Waals surface area contributed by atoms with E-state index in [0.29, 0.717) is 12.1 Å². The lowest BCUT2D eigenvalue weighted by molar-refractivity contribution is 0.0944. The summed E-state index contributed by atoms with van der Waals surface area (Å²) < 4.78 is 12.7. The monoisotopic (exact) mass is 250 g/mol. The number of piperidine rings is 1. The standard InChI is InChI=1S/C14H19FN2O/c1-11-3-2-7-17(10-11)8-6-14(18)13-5-4-12(15)9-16-13/h4-5,9,11H,2-3,6-8,10H2,1H3. The van der Waals surface area contributed by atoms with E-state index in [2.05, 4.69) is 16.8 Å². The van der Waals surface area contributed by atoms with Crippen molar-refractivity contribution in [2.45, 2.75) is 26.2 Å². The molecule has 1 fully saturated rings. The normalized spacial score (nSPS) is 20.9. The van der Waals surface area contributed by atoms with E-state index < -0.39 is 5.82 Å². The summed E-state index contributed by atoms with van der Waals surface area (Å²) in [5.41, 5.74) is 0.362. The number of aromatic nitrogens is 1. The van der Waals surface area contributed by atoms with Gasteiger partial charge in [-0.1, -0.05) is 6.92 Å². The van der Waals surface area contributed by atoms with Crippen LogP contribution in [-0.2, 0) is 0 Å². The molecule has 1 saturated heterocycles. The Balaban J connectivity index is 1.82. The lowest BCUT2D eigenvalue weighted by Gasteiger charge is -2.30. The van der Waals surface area contributed by atoms with Crippen LogP contribution in [0.25, 0.3) is 0 Å². The molecular weight excluding hydrogens is 231 g/mol. The number of ketones is 1. The number of hydrogen-bond acceptors (Lipinski definition) is 3. The fraction of sp³-hybridized carbons (Fsp3) is 0.571. The van der Waals surface area contributed by atoms with Crippen LogP contribution >= 0.6 is 0 Å². The Morgan fingerprint density at radius 1 is 1.56 bits per heavy atom. The van der Waals surface area contributed by atoms with Crippen molar-refractivity contribution in [2.75, 3.05) is 19.6 Å². The first-order chi connectivity index (χ1) is 8.65. The molecule has 98 valence electrons. The van der Waals surface area contributed by atoms with Gasteiger partial charge in [-0.3, -0.25) is 9.78 Å². The second kappa shape index (κ2) is 6.05. The van der Waals surface area contributed by atoms with Gasteiger partial charge in [0.15, 0.2) is 5.78 Å². The Morgan fingerprint density at radius 2 is 2.39 bits per heavy atom. The molecule has 3 nitrogen and oxygen atoms in total. The van der Waals surface area contributed by atoms with Gasteiger partial charge in [-0.2, -0.15) is 0 Å². The van der Waals surface area contributed by atoms with Gasteiger partial charge >= 0.3 is 0 Å². The minimum absolute atomic E-state index is 0.00627. The molecule has 0 aromatic carbocycles. The summed E-state index contributed by atoms with van der Waals surface area (Å²) in [5.74, 6) is 0.308. The van der Waals surface area contributed by atoms with Crippen molar-refractivity contribution in [3.63, 3.8) is 0 Å². The molecule has 0 N–H and O–H groups in total. The summed E-state index contributed by atoms with van der Waals surface area (Å²) in [7, 11) is 0. The predicted molar refractivity (Wildman–Crippen MR) is 68.0 cm³/mol. The zero-order chi connectivity index (χ0) is 13.0. The van der Waals surface area contributed by atoms with Gasteiger partial charge in [-0.05, 0) is 37.4 Å². The van der Waals surface area contributed by atoms with Gasteiger partial charge in [0.25, 0.3) is 0 Å².